The van der Waals surface area contributed by atoms with Gasteiger partial charge in [0, 0.05) is 39.3 Å². The van der Waals surface area contributed by atoms with Crippen LogP contribution in [0.25, 0.3) is 0 Å². The van der Waals surface area contributed by atoms with Crippen molar-refractivity contribution in [1.82, 2.24) is 16.0 Å². The maximum Gasteiger partial charge on any atom is 3.00 e. The first kappa shape index (κ1) is 133. The first-order valence-corrected chi connectivity index (χ1v) is 6.69. The third kappa shape index (κ3) is 216. The minimum absolute atomic E-state index is 0. The van der Waals surface area contributed by atoms with E-state index in [1.54, 1.807) is 0 Å². The number of carboxylic acid groups (broad SMARTS) is 6. The standard InChI is InChI=1S/3C4H7NO4.Ca.3Co.11H2O.O/c3*6-3(7)1-5-2-4(8)9;;;;;;;;;;;;;;;;/h3*5H,1-2H2,(H,6,7)(H,8,9);;;;;11*1H2;/q;;;+2;3*+3;;;;;;;;;;;;-2/p-9. The van der Waals surface area contributed by atoms with Crippen LogP contribution in [-0.2, 0) is 84.6 Å². The fraction of sp³-hybridized carbons (Fsp3) is 0.500. The monoisotopic (exact) mass is 821 g/mol. The van der Waals surface area contributed by atoms with Gasteiger partial charge in [0.05, 0.1) is 35.8 Å². The molecular weight excluding hydrogens is 787 g/mol. The molecule has 22 N–H and O–H groups in total. The van der Waals surface area contributed by atoms with Crippen molar-refractivity contribution in [3.63, 3.8) is 0 Å². The topological polar surface area (TPSA) is 647 Å². The van der Waals surface area contributed by atoms with Crippen molar-refractivity contribution in [1.29, 1.82) is 0 Å². The minimum Gasteiger partial charge on any atom is -2.00 e. The van der Waals surface area contributed by atoms with Crippen molar-refractivity contribution in [2.75, 3.05) is 39.3 Å². The zero-order chi connectivity index (χ0) is 21.8. The maximum atomic E-state index is 9.59. The van der Waals surface area contributed by atoms with E-state index in [2.05, 4.69) is 16.0 Å². The summed E-state index contributed by atoms with van der Waals surface area (Å²) in [6.07, 6.45) is 0. The molecule has 31 heteroatoms. The van der Waals surface area contributed by atoms with E-state index in [9.17, 15) is 59.4 Å². The van der Waals surface area contributed by atoms with E-state index in [1.807, 2.05) is 0 Å². The van der Waals surface area contributed by atoms with E-state index in [1.165, 1.54) is 0 Å². The van der Waals surface area contributed by atoms with Crippen molar-refractivity contribution in [2.24, 2.45) is 0 Å². The van der Waals surface area contributed by atoms with Crippen molar-refractivity contribution < 1.29 is 175 Å². The number of carbonyl (C=O) groups excluding carboxylic acids is 6. The van der Waals surface area contributed by atoms with Crippen molar-refractivity contribution >= 4 is 73.6 Å². The third-order valence-electron chi connectivity index (χ3n) is 1.62. The number of aliphatic carboxylic acids is 6. The second-order valence-corrected chi connectivity index (χ2v) is 4.04. The molecule has 0 rings (SSSR count). The molecule has 0 saturated heterocycles. The van der Waals surface area contributed by atoms with E-state index < -0.39 is 75.1 Å². The van der Waals surface area contributed by atoms with Gasteiger partial charge in [-0.1, -0.05) is 0 Å². The van der Waals surface area contributed by atoms with Crippen LogP contribution in [0.2, 0.25) is 0 Å². The van der Waals surface area contributed by atoms with Gasteiger partial charge in [0.2, 0.25) is 0 Å². The fourth-order valence-electron chi connectivity index (χ4n) is 0.800. The Balaban J connectivity index is -0.00000000997. The average Bonchev–Trinajstić information content (AvgIpc) is 2.46. The van der Waals surface area contributed by atoms with Gasteiger partial charge in [0.15, 0.2) is 0 Å². The molecule has 0 aliphatic rings. The number of carbonyl (C=O) groups is 6. The molecular formula is C12H34CaCo3N3O24. The molecule has 0 amide bonds. The first-order valence-electron chi connectivity index (χ1n) is 6.69. The van der Waals surface area contributed by atoms with Crippen LogP contribution in [0.15, 0.2) is 0 Å². The molecule has 0 saturated carbocycles. The van der Waals surface area contributed by atoms with Gasteiger partial charge >= 0.3 is 88.1 Å². The summed E-state index contributed by atoms with van der Waals surface area (Å²) in [6, 6.07) is 0. The molecule has 0 unspecified atom stereocenters. The van der Waals surface area contributed by atoms with Crippen molar-refractivity contribution in [3.8, 4) is 0 Å². The van der Waals surface area contributed by atoms with Crippen LogP contribution in [0.3, 0.4) is 0 Å². The van der Waals surface area contributed by atoms with Gasteiger partial charge in [-0.2, -0.15) is 0 Å². The third-order valence-corrected chi connectivity index (χ3v) is 1.62. The zero-order valence-electron chi connectivity index (χ0n) is 21.1. The predicted molar refractivity (Wildman–Crippen MR) is 110 cm³/mol. The Labute approximate surface area is 302 Å². The Bertz CT molecular complexity index is 428. The van der Waals surface area contributed by atoms with Gasteiger partial charge < -0.3 is 141 Å². The quantitative estimate of drug-likeness (QED) is 0.154. The molecule has 0 aromatic carbocycles. The van der Waals surface area contributed by atoms with E-state index in [0.717, 1.165) is 0 Å². The van der Waals surface area contributed by atoms with Crippen LogP contribution < -0.4 is 46.6 Å². The molecule has 0 aromatic heterocycles. The molecule has 0 fully saturated rings. The second kappa shape index (κ2) is 97.0. The molecule has 270 valence electrons. The van der Waals surface area contributed by atoms with Crippen molar-refractivity contribution in [2.45, 2.75) is 0 Å². The number of carboxylic acids is 6. The first-order chi connectivity index (χ1) is 12.4. The van der Waals surface area contributed by atoms with Gasteiger partial charge in [-0.25, -0.2) is 0 Å². The van der Waals surface area contributed by atoms with Crippen LogP contribution in [0.1, 0.15) is 0 Å². The molecule has 43 heavy (non-hydrogen) atoms. The SMILES string of the molecule is O.O.O.O.O.O.O.O.O=C([O-])CNCC(=O)[O-].O=C([O-])CNCC(=O)[O-].O=C([O-])CNCC(=O)[O-].[Ca+2].[Co+3].[Co+3].[Co+3].[O-2].[OH-].[OH-].[OH-]. The largest absolute Gasteiger partial charge is 3.00 e. The summed E-state index contributed by atoms with van der Waals surface area (Å²) in [6.45, 7) is -2.79. The normalized spacial score (nSPS) is 5.58. The Kier molecular flexibility index (Phi) is 301. The summed E-state index contributed by atoms with van der Waals surface area (Å²) < 4.78 is 0. The summed E-state index contributed by atoms with van der Waals surface area (Å²) >= 11 is 0. The molecule has 27 nitrogen and oxygen atoms in total. The van der Waals surface area contributed by atoms with Crippen LogP contribution in [-0.4, -0.2) is 173 Å². The number of hydrogen-bond acceptors (Lipinski definition) is 18. The Hall–Kier alpha value is -1.00. The van der Waals surface area contributed by atoms with Gasteiger partial charge in [-0.05, 0) is 0 Å². The molecule has 0 radical (unpaired) electrons. The summed E-state index contributed by atoms with van der Waals surface area (Å²) in [5.74, 6) is -8.02. The van der Waals surface area contributed by atoms with Gasteiger partial charge in [-0.3, -0.25) is 0 Å². The minimum atomic E-state index is -1.34. The summed E-state index contributed by atoms with van der Waals surface area (Å²) in [5, 5.41) is 63.7. The molecule has 0 aromatic rings. The van der Waals surface area contributed by atoms with Crippen molar-refractivity contribution in [3.05, 3.63) is 0 Å². The summed E-state index contributed by atoms with van der Waals surface area (Å²) in [5.41, 5.74) is 0. The van der Waals surface area contributed by atoms with Gasteiger partial charge in [-0.15, -0.1) is 0 Å². The number of nitrogens with one attached hydrogen (secondary N) is 3. The molecule has 0 bridgehead atoms. The van der Waals surface area contributed by atoms with Crippen LogP contribution in [0.5, 0.6) is 0 Å². The number of rotatable bonds is 12. The van der Waals surface area contributed by atoms with E-state index in [0.29, 0.717) is 0 Å². The van der Waals surface area contributed by atoms with Crippen LogP contribution in [0.4, 0.5) is 0 Å². The van der Waals surface area contributed by atoms with E-state index >= 15 is 0 Å². The van der Waals surface area contributed by atoms with Gasteiger partial charge in [0.25, 0.3) is 0 Å². The Morgan fingerprint density at radius 3 is 0.465 bits per heavy atom. The Morgan fingerprint density at radius 2 is 0.419 bits per heavy atom. The maximum absolute atomic E-state index is 9.59. The summed E-state index contributed by atoms with van der Waals surface area (Å²) in [7, 11) is 0. The molecule has 0 aliphatic heterocycles. The Morgan fingerprint density at radius 1 is 0.349 bits per heavy atom. The molecule has 0 spiro atoms. The van der Waals surface area contributed by atoms with E-state index in [-0.39, 0.29) is 154 Å². The predicted octanol–water partition coefficient (Wildman–Crippen LogP) is -19.4. The molecule has 0 atom stereocenters. The van der Waals surface area contributed by atoms with Crippen LogP contribution in [0, 0.1) is 0 Å². The van der Waals surface area contributed by atoms with Crippen LogP contribution >= 0.6 is 0 Å². The smallest absolute Gasteiger partial charge is 2.00 e. The molecule has 0 aliphatic carbocycles. The zero-order valence-corrected chi connectivity index (χ0v) is 26.4. The number of hydrogen-bond donors (Lipinski definition) is 3. The average molecular weight is 821 g/mol. The summed E-state index contributed by atoms with van der Waals surface area (Å²) in [4.78, 5) is 57.6. The van der Waals surface area contributed by atoms with E-state index in [4.69, 9.17) is 0 Å². The second-order valence-electron chi connectivity index (χ2n) is 4.04. The molecule has 0 heterocycles. The van der Waals surface area contributed by atoms with Gasteiger partial charge in [0.1, 0.15) is 0 Å². The fourth-order valence-corrected chi connectivity index (χ4v) is 0.800.